The van der Waals surface area contributed by atoms with Crippen molar-refractivity contribution in [1.82, 2.24) is 5.32 Å². The molecule has 0 saturated carbocycles. The molecular weight excluding hydrogens is 614 g/mol. The third-order valence-corrected chi connectivity index (χ3v) is 9.90. The van der Waals surface area contributed by atoms with Crippen LogP contribution in [0, 0.1) is 30.6 Å². The zero-order chi connectivity index (χ0) is 30.8. The fourth-order valence-corrected chi connectivity index (χ4v) is 7.70. The number of nitrogens with one attached hydrogen (secondary N) is 1. The Bertz CT molecular complexity index is 1280. The van der Waals surface area contributed by atoms with Crippen LogP contribution in [0.5, 0.6) is 0 Å². The van der Waals surface area contributed by atoms with Crippen molar-refractivity contribution >= 4 is 34.7 Å². The first kappa shape index (κ1) is 38.2. The summed E-state index contributed by atoms with van der Waals surface area (Å²) in [5.74, 6) is -0.0341. The van der Waals surface area contributed by atoms with E-state index in [1.54, 1.807) is 13.1 Å². The molecule has 0 heterocycles. The molecule has 3 rings (SSSR count). The van der Waals surface area contributed by atoms with Gasteiger partial charge in [0.15, 0.2) is 7.14 Å². The molecule has 0 aliphatic rings. The Kier molecular flexibility index (Phi) is 15.3. The molecule has 0 aliphatic carbocycles. The Hall–Kier alpha value is -1.87. The van der Waals surface area contributed by atoms with Gasteiger partial charge in [-0.1, -0.05) is 121 Å². The van der Waals surface area contributed by atoms with Crippen molar-refractivity contribution in [3.63, 3.8) is 0 Å². The van der Waals surface area contributed by atoms with Gasteiger partial charge in [0, 0.05) is 61.1 Å². The maximum atomic E-state index is 14.7. The third kappa shape index (κ3) is 10.7. The smallest absolute Gasteiger partial charge is 0.251 e. The van der Waals surface area contributed by atoms with Crippen molar-refractivity contribution in [2.45, 2.75) is 67.2 Å². The quantitative estimate of drug-likeness (QED) is 0.193. The summed E-state index contributed by atoms with van der Waals surface area (Å²) in [5.41, 5.74) is 1.46. The zero-order valence-electron chi connectivity index (χ0n) is 26.6. The van der Waals surface area contributed by atoms with Crippen molar-refractivity contribution in [1.29, 1.82) is 0 Å². The Morgan fingerprint density at radius 1 is 0.857 bits per heavy atom. The maximum absolute atomic E-state index is 14.7. The number of benzene rings is 3. The van der Waals surface area contributed by atoms with Crippen LogP contribution in [0.1, 0.15) is 76.7 Å². The second-order valence-electron chi connectivity index (χ2n) is 12.7. The first-order valence-electron chi connectivity index (χ1n) is 14.4. The van der Waals surface area contributed by atoms with Crippen molar-refractivity contribution in [2.24, 2.45) is 16.7 Å². The molecular formula is C36H48NO3PY-2. The molecule has 0 spiro atoms. The number of rotatable bonds is 9. The largest absolute Gasteiger partial charge is 0.355 e. The molecule has 0 saturated heterocycles. The van der Waals surface area contributed by atoms with Crippen LogP contribution in [0.4, 0.5) is 0 Å². The molecule has 4 nitrogen and oxygen atoms in total. The first-order chi connectivity index (χ1) is 19.1. The van der Waals surface area contributed by atoms with Crippen LogP contribution in [0.3, 0.4) is 0 Å². The Morgan fingerprint density at radius 2 is 1.36 bits per heavy atom. The predicted molar refractivity (Wildman–Crippen MR) is 175 cm³/mol. The summed E-state index contributed by atoms with van der Waals surface area (Å²) in [6, 6.07) is 24.6. The average molecular weight is 663 g/mol. The average Bonchev–Trinajstić information content (AvgIpc) is 2.94. The number of Topliss-reactive ketones (excluding diaryl/α,β-unsaturated/α-hetero) is 1. The van der Waals surface area contributed by atoms with Crippen LogP contribution >= 0.6 is 7.14 Å². The molecule has 1 unspecified atom stereocenters. The molecule has 0 bridgehead atoms. The molecule has 3 aromatic carbocycles. The Labute approximate surface area is 280 Å². The number of carbonyl (C=O) groups is 2. The minimum absolute atomic E-state index is 0. The van der Waals surface area contributed by atoms with E-state index in [4.69, 9.17) is 0 Å². The number of aryl methyl sites for hydroxylation is 1. The van der Waals surface area contributed by atoms with E-state index in [2.05, 4.69) is 39.9 Å². The van der Waals surface area contributed by atoms with E-state index in [0.29, 0.717) is 10.9 Å². The van der Waals surface area contributed by atoms with E-state index in [-0.39, 0.29) is 61.1 Å². The minimum Gasteiger partial charge on any atom is -0.355 e. The molecule has 1 amide bonds. The standard InChI is InChI=1S/C24H25NO2P.C12H23O.Y/c1-3-4-11-19-16-17-22(24(26)25-2)23(18-19)28(27,20-12-7-5-8-13-20)21-14-9-6-10-15-21;1-9(8-11(2,3)4)10(13)12(5,6)7;/h5-10,12-18H,1,3-4,11H2,2H3,(H,25,26);9H,1,8H2,2-7H3;/q2*-1;. The molecule has 1 atom stereocenters. The molecule has 42 heavy (non-hydrogen) atoms. The molecule has 225 valence electrons. The summed E-state index contributed by atoms with van der Waals surface area (Å²) in [5, 5.41) is 4.72. The molecule has 3 aromatic rings. The third-order valence-electron chi connectivity index (χ3n) is 6.80. The van der Waals surface area contributed by atoms with E-state index in [0.717, 1.165) is 41.9 Å². The summed E-state index contributed by atoms with van der Waals surface area (Å²) < 4.78 is 14.7. The van der Waals surface area contributed by atoms with Crippen molar-refractivity contribution in [2.75, 3.05) is 7.05 Å². The van der Waals surface area contributed by atoms with E-state index in [1.807, 2.05) is 93.6 Å². The van der Waals surface area contributed by atoms with Gasteiger partial charge in [-0.15, -0.1) is 5.92 Å². The van der Waals surface area contributed by atoms with Crippen molar-refractivity contribution in [3.05, 3.63) is 104 Å². The molecule has 6 heteroatoms. The SMILES string of the molecule is [CH2-]C(CC(C)(C)C)C(=O)C(C)(C)C.[CH2-]CCCc1ccc(C(=O)NC)c(P(=O)(c2ccccc2)c2ccccc2)c1.[Y]. The van der Waals surface area contributed by atoms with Gasteiger partial charge in [-0.2, -0.15) is 6.42 Å². The van der Waals surface area contributed by atoms with Crippen molar-refractivity contribution < 1.29 is 46.9 Å². The van der Waals surface area contributed by atoms with E-state index in [1.165, 1.54) is 0 Å². The normalized spacial score (nSPS) is 12.3. The molecule has 1 N–H and O–H groups in total. The monoisotopic (exact) mass is 662 g/mol. The molecule has 0 fully saturated rings. The van der Waals surface area contributed by atoms with Crippen LogP contribution < -0.4 is 21.2 Å². The number of ketones is 1. The van der Waals surface area contributed by atoms with Gasteiger partial charge in [-0.25, -0.2) is 0 Å². The number of hydrogen-bond donors (Lipinski definition) is 1. The summed E-state index contributed by atoms with van der Waals surface area (Å²) in [6.45, 7) is 20.1. The Morgan fingerprint density at radius 3 is 1.76 bits per heavy atom. The summed E-state index contributed by atoms with van der Waals surface area (Å²) in [4.78, 5) is 24.4. The van der Waals surface area contributed by atoms with Gasteiger partial charge in [0.05, 0.1) is 5.56 Å². The summed E-state index contributed by atoms with van der Waals surface area (Å²) >= 11 is 0. The van der Waals surface area contributed by atoms with Crippen LogP contribution in [-0.4, -0.2) is 18.7 Å². The van der Waals surface area contributed by atoms with E-state index in [9.17, 15) is 14.2 Å². The second kappa shape index (κ2) is 16.8. The molecule has 1 radical (unpaired) electrons. The predicted octanol–water partition coefficient (Wildman–Crippen LogP) is 7.33. The number of hydrogen-bond acceptors (Lipinski definition) is 3. The van der Waals surface area contributed by atoms with Gasteiger partial charge in [-0.05, 0) is 29.5 Å². The minimum atomic E-state index is -3.22. The van der Waals surface area contributed by atoms with Crippen LogP contribution in [0.25, 0.3) is 0 Å². The summed E-state index contributed by atoms with van der Waals surface area (Å²) in [7, 11) is -1.62. The van der Waals surface area contributed by atoms with Crippen LogP contribution in [0.15, 0.2) is 78.9 Å². The van der Waals surface area contributed by atoms with Gasteiger partial charge in [-0.3, -0.25) is 4.79 Å². The fraction of sp³-hybridized carbons (Fsp3) is 0.389. The number of amides is 1. The van der Waals surface area contributed by atoms with Gasteiger partial charge in [0.1, 0.15) is 5.78 Å². The number of carbonyl (C=O) groups excluding carboxylic acids is 2. The summed E-state index contributed by atoms with van der Waals surface area (Å²) in [6.07, 6.45) is 3.48. The zero-order valence-corrected chi connectivity index (χ0v) is 30.3. The van der Waals surface area contributed by atoms with Gasteiger partial charge in [0.25, 0.3) is 5.91 Å². The molecule has 0 aromatic heterocycles. The maximum Gasteiger partial charge on any atom is 0.251 e. The van der Waals surface area contributed by atoms with E-state index >= 15 is 0 Å². The van der Waals surface area contributed by atoms with Crippen LogP contribution in [-0.2, 0) is 48.5 Å². The Balaban J connectivity index is 0.000000537. The first-order valence-corrected chi connectivity index (χ1v) is 16.1. The van der Waals surface area contributed by atoms with Crippen molar-refractivity contribution in [3.8, 4) is 0 Å². The number of unbranched alkanes of at least 4 members (excludes halogenated alkanes) is 1. The molecule has 0 aliphatic heterocycles. The van der Waals surface area contributed by atoms with E-state index < -0.39 is 7.14 Å². The second-order valence-corrected chi connectivity index (χ2v) is 15.5. The topological polar surface area (TPSA) is 63.2 Å². The van der Waals surface area contributed by atoms with Gasteiger partial charge < -0.3 is 28.5 Å². The van der Waals surface area contributed by atoms with Crippen LogP contribution in [0.2, 0.25) is 0 Å². The van der Waals surface area contributed by atoms with Gasteiger partial charge in [0.2, 0.25) is 0 Å². The fourth-order valence-electron chi connectivity index (χ4n) is 4.80. The van der Waals surface area contributed by atoms with Gasteiger partial charge >= 0.3 is 0 Å².